The number of hydrogen-bond donors (Lipinski definition) is 0. The van der Waals surface area contributed by atoms with Gasteiger partial charge in [-0.1, -0.05) is 30.3 Å². The zero-order chi connectivity index (χ0) is 16.4. The van der Waals surface area contributed by atoms with Crippen LogP contribution in [0.1, 0.15) is 28.4 Å². The third-order valence-electron chi connectivity index (χ3n) is 4.79. The minimum Gasteiger partial charge on any atom is -0.378 e. The molecule has 2 aromatic rings. The molecule has 0 bridgehead atoms. The highest BCUT2D eigenvalue weighted by atomic mass is 16.5. The Morgan fingerprint density at radius 2 is 1.83 bits per heavy atom. The Bertz CT molecular complexity index is 696. The number of pyridine rings is 1. The number of anilines is 1. The number of carbonyl (C=O) groups is 1. The van der Waals surface area contributed by atoms with E-state index in [1.165, 1.54) is 5.56 Å². The minimum atomic E-state index is 0.0659. The summed E-state index contributed by atoms with van der Waals surface area (Å²) in [5.74, 6) is 0.981. The third kappa shape index (κ3) is 2.87. The van der Waals surface area contributed by atoms with Gasteiger partial charge in [-0.05, 0) is 24.1 Å². The number of nitrogens with zero attached hydrogens (tertiary/aromatic N) is 3. The van der Waals surface area contributed by atoms with E-state index in [1.54, 1.807) is 6.20 Å². The lowest BCUT2D eigenvalue weighted by Crippen LogP contribution is -2.45. The fourth-order valence-electron chi connectivity index (χ4n) is 3.31. The zero-order valence-electron chi connectivity index (χ0n) is 13.6. The van der Waals surface area contributed by atoms with Crippen LogP contribution in [0.2, 0.25) is 0 Å². The number of benzene rings is 1. The van der Waals surface area contributed by atoms with Crippen molar-refractivity contribution in [3.63, 3.8) is 0 Å². The first-order valence-corrected chi connectivity index (χ1v) is 8.47. The average molecular weight is 323 g/mol. The molecule has 0 unspecified atom stereocenters. The first-order chi connectivity index (χ1) is 11.8. The second-order valence-corrected chi connectivity index (χ2v) is 6.22. The first-order valence-electron chi connectivity index (χ1n) is 8.47. The second kappa shape index (κ2) is 6.61. The standard InChI is InChI=1S/C19H21N3O2/c23-19(22-9-8-17(22)15-4-2-1-3-5-15)16-6-7-18(20-14-16)21-10-12-24-13-11-21/h1-7,14,17H,8-13H2/t17-/m1/s1. The Labute approximate surface area is 141 Å². The van der Waals surface area contributed by atoms with Gasteiger partial charge in [0.15, 0.2) is 0 Å². The number of carbonyl (C=O) groups excluding carboxylic acids is 1. The molecule has 5 nitrogen and oxygen atoms in total. The molecule has 2 aliphatic rings. The van der Waals surface area contributed by atoms with Crippen molar-refractivity contribution in [2.24, 2.45) is 0 Å². The van der Waals surface area contributed by atoms with Gasteiger partial charge in [0.2, 0.25) is 0 Å². The highest BCUT2D eigenvalue weighted by Crippen LogP contribution is 2.34. The monoisotopic (exact) mass is 323 g/mol. The molecule has 124 valence electrons. The van der Waals surface area contributed by atoms with Crippen molar-refractivity contribution in [2.75, 3.05) is 37.7 Å². The van der Waals surface area contributed by atoms with E-state index in [-0.39, 0.29) is 11.9 Å². The van der Waals surface area contributed by atoms with Crippen LogP contribution in [0, 0.1) is 0 Å². The van der Waals surface area contributed by atoms with Gasteiger partial charge in [0.25, 0.3) is 5.91 Å². The number of hydrogen-bond acceptors (Lipinski definition) is 4. The van der Waals surface area contributed by atoms with E-state index in [0.29, 0.717) is 5.56 Å². The number of rotatable bonds is 3. The minimum absolute atomic E-state index is 0.0659. The average Bonchev–Trinajstić information content (AvgIpc) is 2.62. The van der Waals surface area contributed by atoms with E-state index in [9.17, 15) is 4.79 Å². The van der Waals surface area contributed by atoms with E-state index in [4.69, 9.17) is 4.74 Å². The third-order valence-corrected chi connectivity index (χ3v) is 4.79. The Morgan fingerprint density at radius 1 is 1.04 bits per heavy atom. The van der Waals surface area contributed by atoms with Crippen LogP contribution >= 0.6 is 0 Å². The molecule has 2 fully saturated rings. The van der Waals surface area contributed by atoms with Crippen molar-refractivity contribution < 1.29 is 9.53 Å². The Kier molecular flexibility index (Phi) is 4.17. The van der Waals surface area contributed by atoms with Gasteiger partial charge in [-0.3, -0.25) is 4.79 Å². The maximum Gasteiger partial charge on any atom is 0.255 e. The first kappa shape index (κ1) is 15.1. The van der Waals surface area contributed by atoms with Crippen LogP contribution in [-0.4, -0.2) is 48.6 Å². The molecule has 1 aromatic heterocycles. The summed E-state index contributed by atoms with van der Waals surface area (Å²) in [6.45, 7) is 3.97. The lowest BCUT2D eigenvalue weighted by atomic mass is 9.94. The van der Waals surface area contributed by atoms with Crippen LogP contribution in [0.5, 0.6) is 0 Å². The Morgan fingerprint density at radius 3 is 2.46 bits per heavy atom. The van der Waals surface area contributed by atoms with Gasteiger partial charge in [-0.25, -0.2) is 4.98 Å². The van der Waals surface area contributed by atoms with Crippen LogP contribution in [-0.2, 0) is 4.74 Å². The molecule has 0 saturated carbocycles. The summed E-state index contributed by atoms with van der Waals surface area (Å²) >= 11 is 0. The van der Waals surface area contributed by atoms with Gasteiger partial charge < -0.3 is 14.5 Å². The van der Waals surface area contributed by atoms with E-state index < -0.39 is 0 Å². The second-order valence-electron chi connectivity index (χ2n) is 6.22. The van der Waals surface area contributed by atoms with Crippen molar-refractivity contribution in [3.8, 4) is 0 Å². The topological polar surface area (TPSA) is 45.7 Å². The van der Waals surface area contributed by atoms with E-state index in [0.717, 1.165) is 45.1 Å². The summed E-state index contributed by atoms with van der Waals surface area (Å²) in [7, 11) is 0. The quantitative estimate of drug-likeness (QED) is 0.871. The fraction of sp³-hybridized carbons (Fsp3) is 0.368. The highest BCUT2D eigenvalue weighted by Gasteiger charge is 2.33. The SMILES string of the molecule is O=C(c1ccc(N2CCOCC2)nc1)N1CC[C@@H]1c1ccccc1. The number of ether oxygens (including phenoxy) is 1. The molecule has 0 aliphatic carbocycles. The maximum absolute atomic E-state index is 12.8. The van der Waals surface area contributed by atoms with Crippen molar-refractivity contribution in [3.05, 3.63) is 59.8 Å². The predicted molar refractivity (Wildman–Crippen MR) is 92.1 cm³/mol. The van der Waals surface area contributed by atoms with Gasteiger partial charge in [-0.15, -0.1) is 0 Å². The smallest absolute Gasteiger partial charge is 0.255 e. The Balaban J connectivity index is 1.46. The lowest BCUT2D eigenvalue weighted by molar-refractivity contribution is 0.0460. The number of morpholine rings is 1. The molecule has 2 aliphatic heterocycles. The zero-order valence-corrected chi connectivity index (χ0v) is 13.6. The maximum atomic E-state index is 12.8. The molecule has 24 heavy (non-hydrogen) atoms. The molecule has 1 atom stereocenters. The van der Waals surface area contributed by atoms with Crippen LogP contribution in [0.4, 0.5) is 5.82 Å². The Hall–Kier alpha value is -2.40. The van der Waals surface area contributed by atoms with Crippen molar-refractivity contribution >= 4 is 11.7 Å². The van der Waals surface area contributed by atoms with Crippen LogP contribution in [0.3, 0.4) is 0 Å². The van der Waals surface area contributed by atoms with Crippen LogP contribution < -0.4 is 4.90 Å². The van der Waals surface area contributed by atoms with E-state index in [1.807, 2.05) is 35.2 Å². The summed E-state index contributed by atoms with van der Waals surface area (Å²) in [4.78, 5) is 21.4. The molecule has 1 amide bonds. The van der Waals surface area contributed by atoms with Crippen molar-refractivity contribution in [1.29, 1.82) is 0 Å². The molecule has 0 spiro atoms. The molecule has 0 radical (unpaired) electrons. The van der Waals surface area contributed by atoms with Crippen LogP contribution in [0.15, 0.2) is 48.7 Å². The molecule has 4 rings (SSSR count). The molecule has 5 heteroatoms. The van der Waals surface area contributed by atoms with Crippen molar-refractivity contribution in [1.82, 2.24) is 9.88 Å². The number of amides is 1. The van der Waals surface area contributed by atoms with Crippen molar-refractivity contribution in [2.45, 2.75) is 12.5 Å². The van der Waals surface area contributed by atoms with E-state index in [2.05, 4.69) is 22.0 Å². The summed E-state index contributed by atoms with van der Waals surface area (Å²) < 4.78 is 5.36. The largest absolute Gasteiger partial charge is 0.378 e. The molecular formula is C19H21N3O2. The highest BCUT2D eigenvalue weighted by molar-refractivity contribution is 5.95. The van der Waals surface area contributed by atoms with Gasteiger partial charge >= 0.3 is 0 Å². The van der Waals surface area contributed by atoms with Crippen LogP contribution in [0.25, 0.3) is 0 Å². The van der Waals surface area contributed by atoms with E-state index >= 15 is 0 Å². The summed E-state index contributed by atoms with van der Waals surface area (Å²) in [5, 5.41) is 0. The molecular weight excluding hydrogens is 302 g/mol. The lowest BCUT2D eigenvalue weighted by Gasteiger charge is -2.41. The number of likely N-dealkylation sites (tertiary alicyclic amines) is 1. The molecule has 0 N–H and O–H groups in total. The number of aromatic nitrogens is 1. The molecule has 1 aromatic carbocycles. The molecule has 2 saturated heterocycles. The summed E-state index contributed by atoms with van der Waals surface area (Å²) in [6.07, 6.45) is 2.72. The van der Waals surface area contributed by atoms with Gasteiger partial charge in [0, 0.05) is 25.8 Å². The van der Waals surface area contributed by atoms with Gasteiger partial charge in [0.1, 0.15) is 5.82 Å². The summed E-state index contributed by atoms with van der Waals surface area (Å²) in [5.41, 5.74) is 1.86. The summed E-state index contributed by atoms with van der Waals surface area (Å²) in [6, 6.07) is 14.2. The normalized spacial score (nSPS) is 20.6. The fourth-order valence-corrected chi connectivity index (χ4v) is 3.31. The van der Waals surface area contributed by atoms with Gasteiger partial charge in [0.05, 0.1) is 24.8 Å². The molecule has 3 heterocycles. The van der Waals surface area contributed by atoms with Gasteiger partial charge in [-0.2, -0.15) is 0 Å². The predicted octanol–water partition coefficient (Wildman–Crippen LogP) is 2.51.